The third-order valence-corrected chi connectivity index (χ3v) is 5.51. The van der Waals surface area contributed by atoms with Gasteiger partial charge in [0.05, 0.1) is 10.6 Å². The van der Waals surface area contributed by atoms with Crippen molar-refractivity contribution in [3.05, 3.63) is 52.7 Å². The number of halogens is 1. The lowest BCUT2D eigenvalue weighted by molar-refractivity contribution is -0.118. The van der Waals surface area contributed by atoms with Crippen LogP contribution in [-0.4, -0.2) is 26.4 Å². The number of aromatic nitrogens is 3. The molecule has 5 nitrogen and oxygen atoms in total. The average Bonchev–Trinajstić information content (AvgIpc) is 3.24. The lowest BCUT2D eigenvalue weighted by Crippen LogP contribution is -2.24. The number of nitrogens with zero attached hydrogens (tertiary/aromatic N) is 3. The number of carbonyl (C=O) groups excluding carboxylic acids is 1. The average molecular weight is 376 g/mol. The van der Waals surface area contributed by atoms with Crippen LogP contribution < -0.4 is 5.32 Å². The summed E-state index contributed by atoms with van der Waals surface area (Å²) in [6, 6.07) is 8.77. The minimum atomic E-state index is -0.241. The molecule has 1 N–H and O–H groups in total. The van der Waals surface area contributed by atoms with E-state index in [9.17, 15) is 9.18 Å². The van der Waals surface area contributed by atoms with E-state index in [-0.39, 0.29) is 17.5 Å². The Hall–Kier alpha value is -2.19. The lowest BCUT2D eigenvalue weighted by atomic mass is 10.1. The fraction of sp³-hybridized carbons (Fsp3) is 0.235. The fourth-order valence-corrected chi connectivity index (χ4v) is 3.74. The number of carbonyl (C=O) groups is 1. The zero-order chi connectivity index (χ0) is 17.8. The topological polar surface area (TPSA) is 59.8 Å². The van der Waals surface area contributed by atoms with Crippen LogP contribution in [0.3, 0.4) is 0 Å². The van der Waals surface area contributed by atoms with Crippen molar-refractivity contribution in [2.24, 2.45) is 7.05 Å². The molecule has 2 heterocycles. The Morgan fingerprint density at radius 2 is 2.20 bits per heavy atom. The highest BCUT2D eigenvalue weighted by atomic mass is 32.2. The molecule has 1 amide bonds. The predicted octanol–water partition coefficient (Wildman–Crippen LogP) is 3.40. The van der Waals surface area contributed by atoms with Crippen LogP contribution in [0.15, 0.2) is 40.9 Å². The minimum Gasteiger partial charge on any atom is -0.351 e. The molecule has 0 fully saturated rings. The standard InChI is InChI=1S/C17H17FN4OS2/c1-11-8-12(5-6-13(11)18)9-19-15(23)10-25-17-21-20-16(22(17)2)14-4-3-7-24-14/h3-8H,9-10H2,1-2H3,(H,19,23). The molecule has 8 heteroatoms. The Bertz CT molecular complexity index is 877. The van der Waals surface area contributed by atoms with Gasteiger partial charge >= 0.3 is 0 Å². The number of amides is 1. The number of hydrogen-bond donors (Lipinski definition) is 1. The van der Waals surface area contributed by atoms with Crippen LogP contribution in [0, 0.1) is 12.7 Å². The van der Waals surface area contributed by atoms with E-state index in [4.69, 9.17) is 0 Å². The largest absolute Gasteiger partial charge is 0.351 e. The van der Waals surface area contributed by atoms with Gasteiger partial charge in [-0.15, -0.1) is 21.5 Å². The molecule has 0 radical (unpaired) electrons. The number of rotatable bonds is 6. The fourth-order valence-electron chi connectivity index (χ4n) is 2.26. The van der Waals surface area contributed by atoms with Crippen molar-refractivity contribution in [3.63, 3.8) is 0 Å². The van der Waals surface area contributed by atoms with Crippen LogP contribution >= 0.6 is 23.1 Å². The molecule has 3 rings (SSSR count). The molecule has 0 spiro atoms. The Labute approximate surface area is 153 Å². The first-order chi connectivity index (χ1) is 12.0. The second-order valence-electron chi connectivity index (χ2n) is 5.49. The summed E-state index contributed by atoms with van der Waals surface area (Å²) in [6.45, 7) is 2.08. The number of thiophene rings is 1. The Morgan fingerprint density at radius 3 is 2.92 bits per heavy atom. The van der Waals surface area contributed by atoms with Crippen molar-refractivity contribution < 1.29 is 9.18 Å². The highest BCUT2D eigenvalue weighted by Crippen LogP contribution is 2.25. The summed E-state index contributed by atoms with van der Waals surface area (Å²) < 4.78 is 15.1. The van der Waals surface area contributed by atoms with Gasteiger partial charge in [-0.2, -0.15) is 0 Å². The summed E-state index contributed by atoms with van der Waals surface area (Å²) in [7, 11) is 1.89. The molecule has 0 atom stereocenters. The normalized spacial score (nSPS) is 10.8. The van der Waals surface area contributed by atoms with E-state index < -0.39 is 0 Å². The minimum absolute atomic E-state index is 0.104. The molecule has 0 unspecified atom stereocenters. The van der Waals surface area contributed by atoms with E-state index in [1.807, 2.05) is 29.1 Å². The SMILES string of the molecule is Cc1cc(CNC(=O)CSc2nnc(-c3cccs3)n2C)ccc1F. The molecule has 1 aromatic carbocycles. The number of hydrogen-bond acceptors (Lipinski definition) is 5. The summed E-state index contributed by atoms with van der Waals surface area (Å²) in [5.74, 6) is 0.693. The van der Waals surface area contributed by atoms with Gasteiger partial charge in [0, 0.05) is 13.6 Å². The third kappa shape index (κ3) is 4.26. The second-order valence-corrected chi connectivity index (χ2v) is 7.38. The van der Waals surface area contributed by atoms with E-state index in [0.29, 0.717) is 17.3 Å². The maximum Gasteiger partial charge on any atom is 0.230 e. The van der Waals surface area contributed by atoms with Gasteiger partial charge in [-0.05, 0) is 35.6 Å². The summed E-state index contributed by atoms with van der Waals surface area (Å²) >= 11 is 2.93. The molecule has 0 saturated heterocycles. The number of aryl methyl sites for hydroxylation is 1. The molecule has 0 aliphatic rings. The summed E-state index contributed by atoms with van der Waals surface area (Å²) in [4.78, 5) is 13.1. The van der Waals surface area contributed by atoms with Gasteiger partial charge < -0.3 is 9.88 Å². The molecule has 25 heavy (non-hydrogen) atoms. The Kier molecular flexibility index (Phi) is 5.50. The number of nitrogens with one attached hydrogen (secondary N) is 1. The molecule has 130 valence electrons. The first-order valence-corrected chi connectivity index (χ1v) is 9.49. The highest BCUT2D eigenvalue weighted by molar-refractivity contribution is 7.99. The van der Waals surface area contributed by atoms with Gasteiger partial charge in [0.1, 0.15) is 5.82 Å². The van der Waals surface area contributed by atoms with E-state index in [0.717, 1.165) is 16.3 Å². The first-order valence-electron chi connectivity index (χ1n) is 7.62. The van der Waals surface area contributed by atoms with Crippen LogP contribution in [0.4, 0.5) is 4.39 Å². The van der Waals surface area contributed by atoms with Crippen LogP contribution in [0.1, 0.15) is 11.1 Å². The van der Waals surface area contributed by atoms with Crippen LogP contribution in [0.5, 0.6) is 0 Å². The van der Waals surface area contributed by atoms with Gasteiger partial charge in [0.2, 0.25) is 5.91 Å². The first kappa shape index (κ1) is 17.6. The monoisotopic (exact) mass is 376 g/mol. The molecule has 2 aromatic heterocycles. The smallest absolute Gasteiger partial charge is 0.230 e. The van der Waals surface area contributed by atoms with E-state index >= 15 is 0 Å². The van der Waals surface area contributed by atoms with Crippen LogP contribution in [-0.2, 0) is 18.4 Å². The molecule has 3 aromatic rings. The van der Waals surface area contributed by atoms with Crippen molar-refractivity contribution in [2.75, 3.05) is 5.75 Å². The summed E-state index contributed by atoms with van der Waals surface area (Å²) in [6.07, 6.45) is 0. The van der Waals surface area contributed by atoms with Gasteiger partial charge in [-0.3, -0.25) is 4.79 Å². The zero-order valence-electron chi connectivity index (χ0n) is 13.8. The summed E-state index contributed by atoms with van der Waals surface area (Å²) in [5, 5.41) is 13.8. The van der Waals surface area contributed by atoms with Crippen molar-refractivity contribution in [1.29, 1.82) is 0 Å². The van der Waals surface area contributed by atoms with Crippen molar-refractivity contribution in [1.82, 2.24) is 20.1 Å². The lowest BCUT2D eigenvalue weighted by Gasteiger charge is -2.06. The zero-order valence-corrected chi connectivity index (χ0v) is 15.5. The van der Waals surface area contributed by atoms with Gasteiger partial charge in [0.25, 0.3) is 0 Å². The second kappa shape index (κ2) is 7.79. The quantitative estimate of drug-likeness (QED) is 0.670. The van der Waals surface area contributed by atoms with Crippen molar-refractivity contribution in [2.45, 2.75) is 18.6 Å². The van der Waals surface area contributed by atoms with E-state index in [1.165, 1.54) is 17.8 Å². The Morgan fingerprint density at radius 1 is 1.36 bits per heavy atom. The highest BCUT2D eigenvalue weighted by Gasteiger charge is 2.13. The van der Waals surface area contributed by atoms with Gasteiger partial charge in [-0.1, -0.05) is 30.0 Å². The van der Waals surface area contributed by atoms with E-state index in [1.54, 1.807) is 30.4 Å². The van der Waals surface area contributed by atoms with Crippen molar-refractivity contribution >= 4 is 29.0 Å². The van der Waals surface area contributed by atoms with E-state index in [2.05, 4.69) is 15.5 Å². The maximum atomic E-state index is 13.2. The molecule has 0 aliphatic carbocycles. The Balaban J connectivity index is 1.53. The molecule has 0 aliphatic heterocycles. The third-order valence-electron chi connectivity index (χ3n) is 3.62. The molecular weight excluding hydrogens is 359 g/mol. The van der Waals surface area contributed by atoms with Gasteiger partial charge in [0.15, 0.2) is 11.0 Å². The molecule has 0 saturated carbocycles. The van der Waals surface area contributed by atoms with Crippen LogP contribution in [0.2, 0.25) is 0 Å². The molecular formula is C17H17FN4OS2. The number of benzene rings is 1. The maximum absolute atomic E-state index is 13.2. The predicted molar refractivity (Wildman–Crippen MR) is 98.0 cm³/mol. The van der Waals surface area contributed by atoms with Gasteiger partial charge in [-0.25, -0.2) is 4.39 Å². The molecule has 0 bridgehead atoms. The number of thioether (sulfide) groups is 1. The summed E-state index contributed by atoms with van der Waals surface area (Å²) in [5.41, 5.74) is 1.44. The van der Waals surface area contributed by atoms with Crippen molar-refractivity contribution in [3.8, 4) is 10.7 Å². The van der Waals surface area contributed by atoms with Crippen LogP contribution in [0.25, 0.3) is 10.7 Å².